The second-order valence-corrected chi connectivity index (χ2v) is 1.31. The normalized spacial score (nSPS) is 8.11. The highest BCUT2D eigenvalue weighted by molar-refractivity contribution is 5.85. The first-order chi connectivity index (χ1) is 3.77. The van der Waals surface area contributed by atoms with Gasteiger partial charge in [-0.3, -0.25) is 4.79 Å². The Morgan fingerprint density at radius 1 is 1.56 bits per heavy atom. The van der Waals surface area contributed by atoms with Crippen LogP contribution in [0.3, 0.4) is 0 Å². The van der Waals surface area contributed by atoms with Crippen LogP contribution in [0.1, 0.15) is 0 Å². The zero-order valence-corrected chi connectivity index (χ0v) is 5.82. The van der Waals surface area contributed by atoms with Crippen molar-refractivity contribution in [2.75, 3.05) is 19.8 Å². The molecule has 0 aromatic carbocycles. The average molecular weight is 155 g/mol. The summed E-state index contributed by atoms with van der Waals surface area (Å²) in [5.41, 5.74) is 9.77. The van der Waals surface area contributed by atoms with E-state index in [1.165, 1.54) is 0 Å². The molecule has 0 aliphatic carbocycles. The van der Waals surface area contributed by atoms with Crippen molar-refractivity contribution in [3.63, 3.8) is 0 Å². The van der Waals surface area contributed by atoms with Gasteiger partial charge in [-0.2, -0.15) is 0 Å². The molecule has 0 aromatic rings. The maximum Gasteiger partial charge on any atom is 0.243 e. The Kier molecular flexibility index (Phi) is 9.79. The van der Waals surface area contributed by atoms with Gasteiger partial charge in [-0.25, -0.2) is 0 Å². The molecule has 0 bridgehead atoms. The van der Waals surface area contributed by atoms with Crippen molar-refractivity contribution in [2.24, 2.45) is 11.5 Å². The predicted molar refractivity (Wildman–Crippen MR) is 36.3 cm³/mol. The molecule has 1 amide bonds. The van der Waals surface area contributed by atoms with Gasteiger partial charge in [-0.15, -0.1) is 12.4 Å². The largest absolute Gasteiger partial charge is 0.370 e. The fourth-order valence-corrected chi connectivity index (χ4v) is 0.256. The number of ether oxygens (including phenoxy) is 1. The smallest absolute Gasteiger partial charge is 0.243 e. The Balaban J connectivity index is 0. The van der Waals surface area contributed by atoms with Crippen molar-refractivity contribution in [3.05, 3.63) is 0 Å². The van der Waals surface area contributed by atoms with Crippen LogP contribution in [0.15, 0.2) is 0 Å². The molecule has 0 aliphatic heterocycles. The van der Waals surface area contributed by atoms with Gasteiger partial charge in [0.05, 0.1) is 6.61 Å². The molecule has 5 heteroatoms. The van der Waals surface area contributed by atoms with E-state index in [0.29, 0.717) is 13.2 Å². The Labute approximate surface area is 59.9 Å². The van der Waals surface area contributed by atoms with Crippen LogP contribution in [0.4, 0.5) is 0 Å². The van der Waals surface area contributed by atoms with Crippen LogP contribution in [0.2, 0.25) is 0 Å². The third-order valence-electron chi connectivity index (χ3n) is 0.507. The number of carbonyl (C=O) groups is 1. The highest BCUT2D eigenvalue weighted by Gasteiger charge is 1.89. The molecule has 0 aromatic heterocycles. The number of rotatable bonds is 4. The van der Waals surface area contributed by atoms with Gasteiger partial charge in [0.1, 0.15) is 6.61 Å². The lowest BCUT2D eigenvalue weighted by Crippen LogP contribution is -2.20. The first-order valence-corrected chi connectivity index (χ1v) is 2.33. The first-order valence-electron chi connectivity index (χ1n) is 2.33. The summed E-state index contributed by atoms with van der Waals surface area (Å²) in [6, 6.07) is 0. The average Bonchev–Trinajstić information content (AvgIpc) is 1.66. The molecule has 0 fully saturated rings. The predicted octanol–water partition coefficient (Wildman–Crippen LogP) is -1.13. The maximum absolute atomic E-state index is 9.93. The quantitative estimate of drug-likeness (QED) is 0.503. The molecular weight excluding hydrogens is 144 g/mol. The zero-order chi connectivity index (χ0) is 6.41. The SMILES string of the molecule is Cl.NCCOCC(N)=O. The van der Waals surface area contributed by atoms with E-state index in [4.69, 9.17) is 11.5 Å². The molecule has 0 heterocycles. The van der Waals surface area contributed by atoms with E-state index in [2.05, 4.69) is 4.74 Å². The van der Waals surface area contributed by atoms with Gasteiger partial charge in [0.25, 0.3) is 0 Å². The molecule has 0 saturated heterocycles. The number of halogens is 1. The summed E-state index contributed by atoms with van der Waals surface area (Å²) in [5.74, 6) is -0.460. The van der Waals surface area contributed by atoms with Crippen molar-refractivity contribution in [1.29, 1.82) is 0 Å². The van der Waals surface area contributed by atoms with Crippen molar-refractivity contribution in [1.82, 2.24) is 0 Å². The van der Waals surface area contributed by atoms with Crippen LogP contribution >= 0.6 is 12.4 Å². The topological polar surface area (TPSA) is 78.3 Å². The van der Waals surface area contributed by atoms with Gasteiger partial charge in [0, 0.05) is 6.54 Å². The number of hydrogen-bond acceptors (Lipinski definition) is 3. The van der Waals surface area contributed by atoms with Crippen LogP contribution in [-0.4, -0.2) is 25.7 Å². The Hall–Kier alpha value is -0.320. The molecule has 0 aliphatic rings. The number of hydrogen-bond donors (Lipinski definition) is 2. The number of carbonyl (C=O) groups excluding carboxylic acids is 1. The number of amides is 1. The Bertz CT molecular complexity index is 79.0. The summed E-state index contributed by atoms with van der Waals surface area (Å²) in [7, 11) is 0. The standard InChI is InChI=1S/C4H10N2O2.ClH/c5-1-2-8-3-4(6)7;/h1-3,5H2,(H2,6,7);1H. The van der Waals surface area contributed by atoms with E-state index < -0.39 is 5.91 Å². The Morgan fingerprint density at radius 2 is 2.11 bits per heavy atom. The van der Waals surface area contributed by atoms with Crippen LogP contribution in [0.5, 0.6) is 0 Å². The molecule has 0 radical (unpaired) electrons. The molecule has 0 saturated carbocycles. The Morgan fingerprint density at radius 3 is 2.44 bits per heavy atom. The molecule has 9 heavy (non-hydrogen) atoms. The minimum Gasteiger partial charge on any atom is -0.370 e. The van der Waals surface area contributed by atoms with Gasteiger partial charge in [-0.05, 0) is 0 Å². The lowest BCUT2D eigenvalue weighted by atomic mass is 10.6. The first kappa shape index (κ1) is 11.5. The summed E-state index contributed by atoms with van der Waals surface area (Å²) in [6.07, 6.45) is 0. The van der Waals surface area contributed by atoms with Gasteiger partial charge < -0.3 is 16.2 Å². The van der Waals surface area contributed by atoms with Crippen molar-refractivity contribution in [2.45, 2.75) is 0 Å². The van der Waals surface area contributed by atoms with E-state index in [0.717, 1.165) is 0 Å². The maximum atomic E-state index is 9.93. The summed E-state index contributed by atoms with van der Waals surface area (Å²) >= 11 is 0. The highest BCUT2D eigenvalue weighted by atomic mass is 35.5. The monoisotopic (exact) mass is 154 g/mol. The van der Waals surface area contributed by atoms with E-state index >= 15 is 0 Å². The molecule has 4 N–H and O–H groups in total. The van der Waals surface area contributed by atoms with Crippen molar-refractivity contribution >= 4 is 18.3 Å². The van der Waals surface area contributed by atoms with Gasteiger partial charge in [0.15, 0.2) is 0 Å². The van der Waals surface area contributed by atoms with Gasteiger partial charge in [-0.1, -0.05) is 0 Å². The molecule has 4 nitrogen and oxygen atoms in total. The van der Waals surface area contributed by atoms with Crippen LogP contribution in [0.25, 0.3) is 0 Å². The molecular formula is C4H11ClN2O2. The van der Waals surface area contributed by atoms with Crippen LogP contribution in [-0.2, 0) is 9.53 Å². The van der Waals surface area contributed by atoms with Crippen molar-refractivity contribution in [3.8, 4) is 0 Å². The second-order valence-electron chi connectivity index (χ2n) is 1.31. The zero-order valence-electron chi connectivity index (χ0n) is 5.00. The lowest BCUT2D eigenvalue weighted by molar-refractivity contribution is -0.122. The lowest BCUT2D eigenvalue weighted by Gasteiger charge is -1.95. The summed E-state index contributed by atoms with van der Waals surface area (Å²) in [6.45, 7) is 0.785. The second kappa shape index (κ2) is 7.68. The molecule has 0 spiro atoms. The van der Waals surface area contributed by atoms with E-state index in [9.17, 15) is 4.79 Å². The van der Waals surface area contributed by atoms with E-state index in [1.807, 2.05) is 0 Å². The van der Waals surface area contributed by atoms with E-state index in [-0.39, 0.29) is 19.0 Å². The van der Waals surface area contributed by atoms with Crippen LogP contribution in [0, 0.1) is 0 Å². The number of primary amides is 1. The fourth-order valence-electron chi connectivity index (χ4n) is 0.256. The molecule has 0 rings (SSSR count). The van der Waals surface area contributed by atoms with Gasteiger partial charge >= 0.3 is 0 Å². The minimum absolute atomic E-state index is 0. The van der Waals surface area contributed by atoms with E-state index in [1.54, 1.807) is 0 Å². The van der Waals surface area contributed by atoms with Crippen molar-refractivity contribution < 1.29 is 9.53 Å². The highest BCUT2D eigenvalue weighted by Crippen LogP contribution is 1.67. The molecule has 0 atom stereocenters. The third-order valence-corrected chi connectivity index (χ3v) is 0.507. The van der Waals surface area contributed by atoms with Crippen LogP contribution < -0.4 is 11.5 Å². The summed E-state index contributed by atoms with van der Waals surface area (Å²) < 4.78 is 4.64. The fraction of sp³-hybridized carbons (Fsp3) is 0.750. The molecule has 0 unspecified atom stereocenters. The number of nitrogens with two attached hydrogens (primary N) is 2. The summed E-state index contributed by atoms with van der Waals surface area (Å²) in [4.78, 5) is 9.93. The third kappa shape index (κ3) is 11.3. The molecule has 56 valence electrons. The van der Waals surface area contributed by atoms with Gasteiger partial charge in [0.2, 0.25) is 5.91 Å². The minimum atomic E-state index is -0.460. The summed E-state index contributed by atoms with van der Waals surface area (Å²) in [5, 5.41) is 0.